The second kappa shape index (κ2) is 6.20. The van der Waals surface area contributed by atoms with Crippen molar-refractivity contribution in [3.05, 3.63) is 41.5 Å². The number of aromatic amines is 1. The lowest BCUT2D eigenvalue weighted by Crippen LogP contribution is -1.99. The van der Waals surface area contributed by atoms with Crippen molar-refractivity contribution in [1.82, 2.24) is 29.3 Å². The van der Waals surface area contributed by atoms with Crippen molar-refractivity contribution in [1.29, 1.82) is 0 Å². The van der Waals surface area contributed by atoms with Crippen molar-refractivity contribution in [2.24, 2.45) is 7.05 Å². The Kier molecular flexibility index (Phi) is 3.96. The Morgan fingerprint density at radius 1 is 1.41 bits per heavy atom. The lowest BCUT2D eigenvalue weighted by atomic mass is 10.2. The number of aryl methyl sites for hydroxylation is 1. The number of ketones is 1. The van der Waals surface area contributed by atoms with Gasteiger partial charge in [0.05, 0.1) is 24.6 Å². The van der Waals surface area contributed by atoms with Crippen LogP contribution in [-0.2, 0) is 7.05 Å². The van der Waals surface area contributed by atoms with Crippen molar-refractivity contribution >= 4 is 28.3 Å². The van der Waals surface area contributed by atoms with Gasteiger partial charge in [0.25, 0.3) is 0 Å². The van der Waals surface area contributed by atoms with Crippen LogP contribution >= 0.6 is 11.6 Å². The number of hydrogen-bond acceptors (Lipinski definition) is 5. The predicted octanol–water partition coefficient (Wildman–Crippen LogP) is 3.15. The van der Waals surface area contributed by atoms with Crippen LogP contribution in [0.25, 0.3) is 28.1 Å². The minimum absolute atomic E-state index is 0.114. The van der Waals surface area contributed by atoms with E-state index < -0.39 is 5.82 Å². The number of ether oxygens (including phenoxy) is 1. The Balaban J connectivity index is 2.14. The summed E-state index contributed by atoms with van der Waals surface area (Å²) in [5.74, 6) is -0.310. The third kappa shape index (κ3) is 2.50. The van der Waals surface area contributed by atoms with Gasteiger partial charge in [0, 0.05) is 31.8 Å². The van der Waals surface area contributed by atoms with E-state index in [4.69, 9.17) is 16.3 Å². The molecule has 0 fully saturated rings. The molecular formula is C17H14ClFN6O2. The highest BCUT2D eigenvalue weighted by Gasteiger charge is 2.26. The first kappa shape index (κ1) is 17.2. The molecule has 0 radical (unpaired) electrons. The van der Waals surface area contributed by atoms with Crippen molar-refractivity contribution < 1.29 is 13.9 Å². The number of Topliss-reactive ketones (excluding diaryl/α,β-unsaturated/α-hetero) is 1. The first-order valence-electron chi connectivity index (χ1n) is 7.90. The quantitative estimate of drug-likeness (QED) is 0.542. The van der Waals surface area contributed by atoms with E-state index in [2.05, 4.69) is 20.2 Å². The molecule has 27 heavy (non-hydrogen) atoms. The van der Waals surface area contributed by atoms with Crippen molar-refractivity contribution in [2.75, 3.05) is 7.11 Å². The largest absolute Gasteiger partial charge is 0.495 e. The summed E-state index contributed by atoms with van der Waals surface area (Å²) >= 11 is 6.11. The molecule has 0 saturated carbocycles. The van der Waals surface area contributed by atoms with Crippen LogP contribution in [0.4, 0.5) is 4.39 Å². The number of imidazole rings is 1. The highest BCUT2D eigenvalue weighted by atomic mass is 35.5. The van der Waals surface area contributed by atoms with Crippen molar-refractivity contribution in [3.63, 3.8) is 0 Å². The number of H-pyrrole nitrogens is 1. The third-order valence-electron chi connectivity index (χ3n) is 4.31. The fourth-order valence-electron chi connectivity index (χ4n) is 3.08. The van der Waals surface area contributed by atoms with E-state index in [0.717, 1.165) is 0 Å². The average Bonchev–Trinajstić information content (AvgIpc) is 3.36. The number of rotatable bonds is 4. The van der Waals surface area contributed by atoms with Crippen molar-refractivity contribution in [3.8, 4) is 23.0 Å². The molecule has 10 heteroatoms. The molecule has 4 rings (SSSR count). The summed E-state index contributed by atoms with van der Waals surface area (Å²) in [5, 5.41) is 7.16. The predicted molar refractivity (Wildman–Crippen MR) is 96.9 cm³/mol. The van der Waals surface area contributed by atoms with Gasteiger partial charge >= 0.3 is 0 Å². The van der Waals surface area contributed by atoms with Crippen LogP contribution in [0.15, 0.2) is 24.8 Å². The lowest BCUT2D eigenvalue weighted by Gasteiger charge is -2.07. The molecule has 8 nitrogen and oxygen atoms in total. The zero-order valence-electron chi connectivity index (χ0n) is 14.6. The van der Waals surface area contributed by atoms with Gasteiger partial charge in [0.15, 0.2) is 23.2 Å². The normalized spacial score (nSPS) is 11.3. The van der Waals surface area contributed by atoms with E-state index in [1.54, 1.807) is 41.0 Å². The Bertz CT molecular complexity index is 1180. The fourth-order valence-corrected chi connectivity index (χ4v) is 3.30. The zero-order chi connectivity index (χ0) is 19.3. The number of aromatic nitrogens is 6. The maximum absolute atomic E-state index is 15.0. The van der Waals surface area contributed by atoms with Crippen LogP contribution in [0.2, 0.25) is 5.02 Å². The zero-order valence-corrected chi connectivity index (χ0v) is 15.4. The van der Waals surface area contributed by atoms with Gasteiger partial charge in [-0.15, -0.1) is 0 Å². The molecule has 138 valence electrons. The minimum atomic E-state index is -0.622. The summed E-state index contributed by atoms with van der Waals surface area (Å²) in [7, 11) is 3.09. The first-order valence-corrected chi connectivity index (χ1v) is 8.28. The summed E-state index contributed by atoms with van der Waals surface area (Å²) < 4.78 is 23.6. The molecule has 0 spiro atoms. The summed E-state index contributed by atoms with van der Waals surface area (Å²) in [6.07, 6.45) is 4.90. The van der Waals surface area contributed by atoms with Gasteiger partial charge in [-0.1, -0.05) is 11.6 Å². The number of nitrogens with zero attached hydrogens (tertiary/aromatic N) is 5. The van der Waals surface area contributed by atoms with Gasteiger partial charge in [-0.25, -0.2) is 14.4 Å². The average molecular weight is 389 g/mol. The number of fused-ring (bicyclic) bond motifs is 1. The molecule has 1 N–H and O–H groups in total. The van der Waals surface area contributed by atoms with Crippen molar-refractivity contribution in [2.45, 2.75) is 6.92 Å². The number of carbonyl (C=O) groups is 1. The number of methoxy groups -OCH3 is 1. The monoisotopic (exact) mass is 388 g/mol. The number of hydrogen-bond donors (Lipinski definition) is 1. The van der Waals surface area contributed by atoms with Crippen LogP contribution in [0.5, 0.6) is 5.75 Å². The summed E-state index contributed by atoms with van der Waals surface area (Å²) in [6.45, 7) is 1.38. The van der Waals surface area contributed by atoms with Gasteiger partial charge in [0.1, 0.15) is 16.5 Å². The second-order valence-corrected chi connectivity index (χ2v) is 6.27. The molecule has 0 saturated heterocycles. The Morgan fingerprint density at radius 2 is 2.19 bits per heavy atom. The van der Waals surface area contributed by atoms with E-state index in [-0.39, 0.29) is 33.7 Å². The number of nitrogens with one attached hydrogen (secondary N) is 1. The number of carbonyl (C=O) groups excluding carboxylic acids is 1. The fraction of sp³-hybridized carbons (Fsp3) is 0.176. The Morgan fingerprint density at radius 3 is 2.78 bits per heavy atom. The Hall–Kier alpha value is -3.20. The molecule has 1 aromatic carbocycles. The Labute approximate surface area is 157 Å². The van der Waals surface area contributed by atoms with Crippen LogP contribution in [0.3, 0.4) is 0 Å². The highest BCUT2D eigenvalue weighted by Crippen LogP contribution is 2.41. The van der Waals surface area contributed by atoms with Gasteiger partial charge in [-0.2, -0.15) is 5.10 Å². The topological polar surface area (TPSA) is 90.6 Å². The minimum Gasteiger partial charge on any atom is -0.495 e. The second-order valence-electron chi connectivity index (χ2n) is 5.89. The van der Waals surface area contributed by atoms with Gasteiger partial charge < -0.3 is 13.9 Å². The summed E-state index contributed by atoms with van der Waals surface area (Å²) in [5.41, 5.74) is 1.34. The molecule has 3 aromatic heterocycles. The molecule has 0 atom stereocenters. The molecule has 3 heterocycles. The maximum Gasteiger partial charge on any atom is 0.200 e. The standard InChI is InChI=1S/C17H14ClFN6O2/c1-8(26)16-21-17(23-22-16)15-14(25-5-4-20-7-25)9-6-10(27-3)11(18)12(19)13(9)24(15)2/h4-7H,1-3H3,(H,21,22,23). The third-order valence-corrected chi connectivity index (χ3v) is 4.66. The molecule has 0 aliphatic heterocycles. The van der Waals surface area contributed by atoms with Crippen LogP contribution in [0.1, 0.15) is 17.5 Å². The molecule has 0 unspecified atom stereocenters. The summed E-state index contributed by atoms with van der Waals surface area (Å²) in [6, 6.07) is 1.65. The summed E-state index contributed by atoms with van der Waals surface area (Å²) in [4.78, 5) is 19.9. The maximum atomic E-state index is 15.0. The smallest absolute Gasteiger partial charge is 0.200 e. The molecule has 4 aromatic rings. The molecular weight excluding hydrogens is 375 g/mol. The van der Waals surface area contributed by atoms with E-state index in [0.29, 0.717) is 16.8 Å². The highest BCUT2D eigenvalue weighted by molar-refractivity contribution is 6.33. The first-order chi connectivity index (χ1) is 12.9. The van der Waals surface area contributed by atoms with Gasteiger partial charge in [-0.05, 0) is 6.07 Å². The van der Waals surface area contributed by atoms with E-state index >= 15 is 4.39 Å². The lowest BCUT2D eigenvalue weighted by molar-refractivity contribution is 0.100. The van der Waals surface area contributed by atoms with E-state index in [1.807, 2.05) is 0 Å². The molecule has 0 bridgehead atoms. The van der Waals surface area contributed by atoms with E-state index in [1.165, 1.54) is 14.0 Å². The molecule has 0 aliphatic rings. The van der Waals surface area contributed by atoms with Gasteiger partial charge in [0.2, 0.25) is 0 Å². The molecule has 0 amide bonds. The van der Waals surface area contributed by atoms with Crippen LogP contribution < -0.4 is 4.74 Å². The SMILES string of the molecule is COc1cc2c(-n3ccnc3)c(-c3n[nH]c(C(C)=O)n3)n(C)c2c(F)c1Cl. The number of halogens is 2. The molecule has 0 aliphatic carbocycles. The van der Waals surface area contributed by atoms with Crippen LogP contribution in [0, 0.1) is 5.82 Å². The number of benzene rings is 1. The van der Waals surface area contributed by atoms with E-state index in [9.17, 15) is 4.79 Å². The van der Waals surface area contributed by atoms with Crippen LogP contribution in [-0.4, -0.2) is 42.2 Å². The van der Waals surface area contributed by atoms with Gasteiger partial charge in [-0.3, -0.25) is 9.89 Å².